The number of hydrogen-bond donors (Lipinski definition) is 1. The predicted octanol–water partition coefficient (Wildman–Crippen LogP) is 3.72. The lowest BCUT2D eigenvalue weighted by molar-refractivity contribution is 0.168. The second-order valence-corrected chi connectivity index (χ2v) is 3.71. The summed E-state index contributed by atoms with van der Waals surface area (Å²) in [6.45, 7) is 2.14. The van der Waals surface area contributed by atoms with Crippen molar-refractivity contribution in [1.82, 2.24) is 0 Å². The summed E-state index contributed by atoms with van der Waals surface area (Å²) >= 11 is 0. The molecule has 0 aliphatic heterocycles. The molecular weight excluding hydrogens is 226 g/mol. The monoisotopic (exact) mass is 240 g/mol. The van der Waals surface area contributed by atoms with E-state index in [1.807, 2.05) is 48.5 Å². The molecule has 0 saturated heterocycles. The van der Waals surface area contributed by atoms with E-state index in [9.17, 15) is 4.79 Å². The van der Waals surface area contributed by atoms with Crippen LogP contribution in [0.25, 0.3) is 11.1 Å². The van der Waals surface area contributed by atoms with Gasteiger partial charge in [0.1, 0.15) is 0 Å². The van der Waals surface area contributed by atoms with Crippen molar-refractivity contribution < 1.29 is 9.53 Å². The van der Waals surface area contributed by atoms with E-state index in [0.29, 0.717) is 6.61 Å². The lowest BCUT2D eigenvalue weighted by atomic mass is 10.1. The highest BCUT2D eigenvalue weighted by Gasteiger charge is 2.03. The lowest BCUT2D eigenvalue weighted by Gasteiger charge is -2.07. The Morgan fingerprint density at radius 3 is 2.72 bits per heavy atom. The zero-order valence-electron chi connectivity index (χ0n) is 10.1. The molecule has 0 bridgehead atoms. The first-order valence-corrected chi connectivity index (χ1v) is 5.80. The van der Waals surface area contributed by atoms with Gasteiger partial charge in [-0.05, 0) is 36.2 Å². The minimum Gasteiger partial charge on any atom is -0.450 e. The molecule has 1 amide bonds. The van der Waals surface area contributed by atoms with E-state index in [4.69, 9.17) is 4.74 Å². The highest BCUT2D eigenvalue weighted by Crippen LogP contribution is 2.22. The van der Waals surface area contributed by atoms with Crippen molar-refractivity contribution in [3.8, 4) is 11.1 Å². The normalized spacial score (nSPS) is 9.83. The highest BCUT2D eigenvalue weighted by molar-refractivity contribution is 5.85. The molecule has 2 aromatic rings. The highest BCUT2D eigenvalue weighted by atomic mass is 16.5. The second kappa shape index (κ2) is 5.87. The molecule has 0 aliphatic rings. The van der Waals surface area contributed by atoms with Crippen LogP contribution in [0, 0.1) is 6.07 Å². The Hall–Kier alpha value is -2.29. The number of hydrogen-bond acceptors (Lipinski definition) is 2. The van der Waals surface area contributed by atoms with Crippen molar-refractivity contribution in [2.75, 3.05) is 11.9 Å². The fraction of sp³-hybridized carbons (Fsp3) is 0.133. The summed E-state index contributed by atoms with van der Waals surface area (Å²) in [7, 11) is 0. The molecule has 0 aromatic heterocycles. The number of ether oxygens (including phenoxy) is 1. The zero-order chi connectivity index (χ0) is 12.8. The Bertz CT molecular complexity index is 523. The van der Waals surface area contributed by atoms with Crippen LogP contribution in [0.3, 0.4) is 0 Å². The van der Waals surface area contributed by atoms with Crippen LogP contribution in [0.2, 0.25) is 0 Å². The number of rotatable bonds is 3. The van der Waals surface area contributed by atoms with Gasteiger partial charge in [-0.1, -0.05) is 36.4 Å². The topological polar surface area (TPSA) is 38.3 Å². The first kappa shape index (κ1) is 12.2. The third kappa shape index (κ3) is 3.10. The van der Waals surface area contributed by atoms with Crippen molar-refractivity contribution >= 4 is 11.8 Å². The summed E-state index contributed by atoms with van der Waals surface area (Å²) < 4.78 is 4.84. The number of nitrogens with one attached hydrogen (secondary N) is 1. The molecule has 1 N–H and O–H groups in total. The van der Waals surface area contributed by atoms with Crippen LogP contribution in [-0.2, 0) is 4.74 Å². The van der Waals surface area contributed by atoms with Gasteiger partial charge in [-0.15, -0.1) is 0 Å². The summed E-state index contributed by atoms with van der Waals surface area (Å²) in [4.78, 5) is 11.3. The van der Waals surface area contributed by atoms with Crippen LogP contribution in [0.1, 0.15) is 6.92 Å². The van der Waals surface area contributed by atoms with Gasteiger partial charge in [0.2, 0.25) is 0 Å². The molecule has 0 aliphatic carbocycles. The number of anilines is 1. The molecular formula is C15H14NO2. The van der Waals surface area contributed by atoms with Crippen LogP contribution >= 0.6 is 0 Å². The average Bonchev–Trinajstić information content (AvgIpc) is 2.40. The van der Waals surface area contributed by atoms with Gasteiger partial charge in [0, 0.05) is 5.69 Å². The maximum atomic E-state index is 11.3. The van der Waals surface area contributed by atoms with E-state index >= 15 is 0 Å². The van der Waals surface area contributed by atoms with E-state index in [-0.39, 0.29) is 0 Å². The summed E-state index contributed by atoms with van der Waals surface area (Å²) in [6.07, 6.45) is -0.434. The minimum absolute atomic E-state index is 0.361. The molecule has 3 heteroatoms. The van der Waals surface area contributed by atoms with Crippen molar-refractivity contribution in [3.05, 3.63) is 54.6 Å². The van der Waals surface area contributed by atoms with Crippen molar-refractivity contribution in [3.63, 3.8) is 0 Å². The SMILES string of the molecule is CCOC(=O)Nc1cccc(-c2cc[c]cc2)c1. The average molecular weight is 240 g/mol. The number of carbonyl (C=O) groups is 1. The van der Waals surface area contributed by atoms with Gasteiger partial charge in [-0.2, -0.15) is 0 Å². The smallest absolute Gasteiger partial charge is 0.411 e. The van der Waals surface area contributed by atoms with Crippen LogP contribution in [0.4, 0.5) is 10.5 Å². The number of amides is 1. The molecule has 0 saturated carbocycles. The van der Waals surface area contributed by atoms with Crippen molar-refractivity contribution in [1.29, 1.82) is 0 Å². The number of benzene rings is 2. The fourth-order valence-corrected chi connectivity index (χ4v) is 1.64. The predicted molar refractivity (Wildman–Crippen MR) is 71.4 cm³/mol. The third-order valence-corrected chi connectivity index (χ3v) is 2.44. The molecule has 91 valence electrons. The van der Waals surface area contributed by atoms with Gasteiger partial charge in [0.05, 0.1) is 6.61 Å². The summed E-state index contributed by atoms with van der Waals surface area (Å²) in [6, 6.07) is 18.3. The van der Waals surface area contributed by atoms with Gasteiger partial charge < -0.3 is 4.74 Å². The van der Waals surface area contributed by atoms with Crippen molar-refractivity contribution in [2.45, 2.75) is 6.92 Å². The molecule has 0 fully saturated rings. The molecule has 0 unspecified atom stereocenters. The molecule has 2 aromatic carbocycles. The molecule has 18 heavy (non-hydrogen) atoms. The molecule has 1 radical (unpaired) electrons. The molecule has 0 heterocycles. The largest absolute Gasteiger partial charge is 0.450 e. The fourth-order valence-electron chi connectivity index (χ4n) is 1.64. The quantitative estimate of drug-likeness (QED) is 0.887. The first-order chi connectivity index (χ1) is 8.79. The van der Waals surface area contributed by atoms with Gasteiger partial charge in [-0.25, -0.2) is 4.79 Å². The summed E-state index contributed by atoms with van der Waals surface area (Å²) in [5.74, 6) is 0. The van der Waals surface area contributed by atoms with E-state index in [2.05, 4.69) is 11.4 Å². The van der Waals surface area contributed by atoms with Crippen molar-refractivity contribution in [2.24, 2.45) is 0 Å². The van der Waals surface area contributed by atoms with E-state index in [0.717, 1.165) is 16.8 Å². The van der Waals surface area contributed by atoms with Gasteiger partial charge in [-0.3, -0.25) is 5.32 Å². The third-order valence-electron chi connectivity index (χ3n) is 2.44. The molecule has 2 rings (SSSR count). The standard InChI is InChI=1S/C15H14NO2/c1-2-18-15(17)16-14-10-6-9-13(11-14)12-7-4-3-5-8-12/h4-11H,2H2,1H3,(H,16,17). The Balaban J connectivity index is 2.18. The Labute approximate surface area is 106 Å². The molecule has 0 spiro atoms. The Kier molecular flexibility index (Phi) is 3.97. The van der Waals surface area contributed by atoms with Gasteiger partial charge in [0.15, 0.2) is 0 Å². The van der Waals surface area contributed by atoms with E-state index in [1.54, 1.807) is 6.92 Å². The van der Waals surface area contributed by atoms with Crippen LogP contribution in [-0.4, -0.2) is 12.7 Å². The molecule has 3 nitrogen and oxygen atoms in total. The zero-order valence-corrected chi connectivity index (χ0v) is 10.1. The Morgan fingerprint density at radius 2 is 2.00 bits per heavy atom. The maximum Gasteiger partial charge on any atom is 0.411 e. The van der Waals surface area contributed by atoms with E-state index < -0.39 is 6.09 Å². The van der Waals surface area contributed by atoms with Gasteiger partial charge in [0.25, 0.3) is 0 Å². The van der Waals surface area contributed by atoms with Crippen LogP contribution < -0.4 is 5.32 Å². The summed E-state index contributed by atoms with van der Waals surface area (Å²) in [5.41, 5.74) is 2.85. The first-order valence-electron chi connectivity index (χ1n) is 5.80. The van der Waals surface area contributed by atoms with Crippen LogP contribution in [0.15, 0.2) is 48.5 Å². The van der Waals surface area contributed by atoms with E-state index in [1.165, 1.54) is 0 Å². The minimum atomic E-state index is -0.434. The number of carbonyl (C=O) groups excluding carboxylic acids is 1. The second-order valence-electron chi connectivity index (χ2n) is 3.71. The Morgan fingerprint density at radius 1 is 1.22 bits per heavy atom. The summed E-state index contributed by atoms with van der Waals surface area (Å²) in [5, 5.41) is 2.68. The molecule has 0 atom stereocenters. The lowest BCUT2D eigenvalue weighted by Crippen LogP contribution is -2.13. The van der Waals surface area contributed by atoms with Crippen LogP contribution in [0.5, 0.6) is 0 Å². The maximum absolute atomic E-state index is 11.3. The van der Waals surface area contributed by atoms with Gasteiger partial charge >= 0.3 is 6.09 Å².